The maximum Gasteiger partial charge on any atom is 0.140 e. The lowest BCUT2D eigenvalue weighted by atomic mass is 10.1. The highest BCUT2D eigenvalue weighted by molar-refractivity contribution is 6.32. The van der Waals surface area contributed by atoms with Crippen LogP contribution in [0.15, 0.2) is 12.1 Å². The molecule has 1 aromatic rings. The number of aliphatic hydroxyl groups excluding tert-OH is 1. The first-order valence-corrected chi connectivity index (χ1v) is 4.46. The Hall–Kier alpha value is -0.730. The Morgan fingerprint density at radius 3 is 2.46 bits per heavy atom. The molecule has 0 bridgehead atoms. The molecule has 0 aliphatic heterocycles. The summed E-state index contributed by atoms with van der Waals surface area (Å²) in [5.74, 6) is 0.672. The Morgan fingerprint density at radius 1 is 1.46 bits per heavy atom. The van der Waals surface area contributed by atoms with Crippen LogP contribution in [0.1, 0.15) is 24.2 Å². The fourth-order valence-electron chi connectivity index (χ4n) is 1.26. The summed E-state index contributed by atoms with van der Waals surface area (Å²) in [5, 5.41) is 9.88. The number of aryl methyl sites for hydroxylation is 1. The van der Waals surface area contributed by atoms with Crippen molar-refractivity contribution in [3.8, 4) is 5.75 Å². The number of halogens is 1. The van der Waals surface area contributed by atoms with E-state index < -0.39 is 6.10 Å². The van der Waals surface area contributed by atoms with Crippen LogP contribution in [0.3, 0.4) is 0 Å². The van der Waals surface area contributed by atoms with Gasteiger partial charge in [-0.15, -0.1) is 0 Å². The molecule has 0 amide bonds. The molecule has 1 unspecified atom stereocenters. The molecule has 0 saturated heterocycles. The van der Waals surface area contributed by atoms with Gasteiger partial charge >= 0.3 is 0 Å². The highest BCUT2D eigenvalue weighted by Gasteiger charge is 2.09. The molecule has 13 heavy (non-hydrogen) atoms. The number of rotatable bonds is 2. The highest BCUT2D eigenvalue weighted by atomic mass is 35.5. The minimum Gasteiger partial charge on any atom is -0.495 e. The third-order valence-corrected chi connectivity index (χ3v) is 2.22. The van der Waals surface area contributed by atoms with E-state index in [0.29, 0.717) is 10.8 Å². The smallest absolute Gasteiger partial charge is 0.140 e. The van der Waals surface area contributed by atoms with Crippen molar-refractivity contribution in [2.75, 3.05) is 7.11 Å². The molecule has 1 N–H and O–H groups in total. The first kappa shape index (κ1) is 10.4. The van der Waals surface area contributed by atoms with Crippen molar-refractivity contribution >= 4 is 11.6 Å². The van der Waals surface area contributed by atoms with Crippen molar-refractivity contribution in [2.45, 2.75) is 20.0 Å². The largest absolute Gasteiger partial charge is 0.495 e. The zero-order valence-corrected chi connectivity index (χ0v) is 8.72. The van der Waals surface area contributed by atoms with Crippen molar-refractivity contribution in [1.82, 2.24) is 0 Å². The zero-order chi connectivity index (χ0) is 10.0. The van der Waals surface area contributed by atoms with Gasteiger partial charge in [0.15, 0.2) is 0 Å². The van der Waals surface area contributed by atoms with Gasteiger partial charge in [0.2, 0.25) is 0 Å². The standard InChI is InChI=1S/C10H13ClO2/c1-6-4-8(7(2)12)5-9(11)10(6)13-3/h4-5,7,12H,1-3H3. The zero-order valence-electron chi connectivity index (χ0n) is 7.97. The second-order valence-electron chi connectivity index (χ2n) is 3.03. The molecule has 3 heteroatoms. The van der Waals surface area contributed by atoms with Gasteiger partial charge in [-0.2, -0.15) is 0 Å². The first-order valence-electron chi connectivity index (χ1n) is 4.08. The Balaban J connectivity index is 3.20. The predicted octanol–water partition coefficient (Wildman–Crippen LogP) is 2.71. The number of hydrogen-bond acceptors (Lipinski definition) is 2. The minimum atomic E-state index is -0.498. The molecule has 2 nitrogen and oxygen atoms in total. The first-order chi connectivity index (χ1) is 6.06. The molecular formula is C10H13ClO2. The third kappa shape index (κ3) is 2.14. The van der Waals surface area contributed by atoms with Gasteiger partial charge in [-0.3, -0.25) is 0 Å². The van der Waals surface area contributed by atoms with Crippen LogP contribution in [-0.4, -0.2) is 12.2 Å². The monoisotopic (exact) mass is 200 g/mol. The second-order valence-corrected chi connectivity index (χ2v) is 3.44. The van der Waals surface area contributed by atoms with Gasteiger partial charge < -0.3 is 9.84 Å². The lowest BCUT2D eigenvalue weighted by Gasteiger charge is -2.11. The lowest BCUT2D eigenvalue weighted by molar-refractivity contribution is 0.199. The van der Waals surface area contributed by atoms with Crippen molar-refractivity contribution in [2.24, 2.45) is 0 Å². The van der Waals surface area contributed by atoms with E-state index in [4.69, 9.17) is 16.3 Å². The van der Waals surface area contributed by atoms with E-state index in [1.165, 1.54) is 0 Å². The number of benzene rings is 1. The molecular weight excluding hydrogens is 188 g/mol. The molecule has 0 heterocycles. The second kappa shape index (κ2) is 3.99. The fraction of sp³-hybridized carbons (Fsp3) is 0.400. The quantitative estimate of drug-likeness (QED) is 0.796. The Kier molecular flexibility index (Phi) is 3.17. The van der Waals surface area contributed by atoms with Gasteiger partial charge in [-0.25, -0.2) is 0 Å². The molecule has 1 rings (SSSR count). The Morgan fingerprint density at radius 2 is 2.08 bits per heavy atom. The van der Waals surface area contributed by atoms with Crippen LogP contribution < -0.4 is 4.74 Å². The fourth-order valence-corrected chi connectivity index (χ4v) is 1.61. The minimum absolute atomic E-state index is 0.498. The molecule has 1 aromatic carbocycles. The maximum absolute atomic E-state index is 9.34. The number of methoxy groups -OCH3 is 1. The molecule has 72 valence electrons. The van der Waals surface area contributed by atoms with Crippen LogP contribution in [0.25, 0.3) is 0 Å². The maximum atomic E-state index is 9.34. The number of ether oxygens (including phenoxy) is 1. The van der Waals surface area contributed by atoms with Gasteiger partial charge in [-0.1, -0.05) is 11.6 Å². The van der Waals surface area contributed by atoms with Gasteiger partial charge in [0.25, 0.3) is 0 Å². The van der Waals surface area contributed by atoms with Crippen LogP contribution in [0.4, 0.5) is 0 Å². The van der Waals surface area contributed by atoms with Gasteiger partial charge in [0.1, 0.15) is 5.75 Å². The van der Waals surface area contributed by atoms with E-state index in [1.54, 1.807) is 20.1 Å². The average Bonchev–Trinajstić information content (AvgIpc) is 2.03. The van der Waals surface area contributed by atoms with Crippen molar-refractivity contribution in [1.29, 1.82) is 0 Å². The summed E-state index contributed by atoms with van der Waals surface area (Å²) < 4.78 is 5.10. The Labute approximate surface area is 83.1 Å². The normalized spacial score (nSPS) is 12.7. The SMILES string of the molecule is COc1c(C)cc(C(C)O)cc1Cl. The van der Waals surface area contributed by atoms with Crippen LogP contribution >= 0.6 is 11.6 Å². The highest BCUT2D eigenvalue weighted by Crippen LogP contribution is 2.31. The average molecular weight is 201 g/mol. The van der Waals surface area contributed by atoms with Crippen molar-refractivity contribution in [3.63, 3.8) is 0 Å². The van der Waals surface area contributed by atoms with Crippen LogP contribution in [0, 0.1) is 6.92 Å². The molecule has 0 spiro atoms. The molecule has 0 aliphatic rings. The summed E-state index contributed by atoms with van der Waals surface area (Å²) in [6.07, 6.45) is -0.498. The summed E-state index contributed by atoms with van der Waals surface area (Å²) in [4.78, 5) is 0. The molecule has 0 aliphatic carbocycles. The van der Waals surface area contributed by atoms with Crippen LogP contribution in [0.2, 0.25) is 5.02 Å². The topological polar surface area (TPSA) is 29.5 Å². The molecule has 0 aromatic heterocycles. The van der Waals surface area contributed by atoms with E-state index in [9.17, 15) is 5.11 Å². The summed E-state index contributed by atoms with van der Waals surface area (Å²) in [6, 6.07) is 3.59. The third-order valence-electron chi connectivity index (χ3n) is 1.94. The van der Waals surface area contributed by atoms with E-state index in [0.717, 1.165) is 11.1 Å². The summed E-state index contributed by atoms with van der Waals surface area (Å²) >= 11 is 5.94. The van der Waals surface area contributed by atoms with Gasteiger partial charge in [0.05, 0.1) is 18.2 Å². The lowest BCUT2D eigenvalue weighted by Crippen LogP contribution is -1.95. The molecule has 0 fully saturated rings. The van der Waals surface area contributed by atoms with Gasteiger partial charge in [-0.05, 0) is 37.1 Å². The van der Waals surface area contributed by atoms with Crippen LogP contribution in [0.5, 0.6) is 5.75 Å². The molecule has 0 saturated carbocycles. The predicted molar refractivity (Wildman–Crippen MR) is 53.4 cm³/mol. The van der Waals surface area contributed by atoms with Crippen LogP contribution in [-0.2, 0) is 0 Å². The Bertz CT molecular complexity index is 285. The molecule has 1 atom stereocenters. The summed E-state index contributed by atoms with van der Waals surface area (Å²) in [7, 11) is 1.58. The van der Waals surface area contributed by atoms with E-state index in [-0.39, 0.29) is 0 Å². The van der Waals surface area contributed by atoms with Gasteiger partial charge in [0, 0.05) is 0 Å². The van der Waals surface area contributed by atoms with E-state index >= 15 is 0 Å². The number of aliphatic hydroxyl groups is 1. The van der Waals surface area contributed by atoms with Crippen molar-refractivity contribution in [3.05, 3.63) is 28.3 Å². The summed E-state index contributed by atoms with van der Waals surface area (Å²) in [6.45, 7) is 3.61. The van der Waals surface area contributed by atoms with Crippen molar-refractivity contribution < 1.29 is 9.84 Å². The van der Waals surface area contributed by atoms with E-state index in [1.807, 2.05) is 13.0 Å². The molecule has 0 radical (unpaired) electrons. The number of hydrogen-bond donors (Lipinski definition) is 1. The van der Waals surface area contributed by atoms with E-state index in [2.05, 4.69) is 0 Å². The summed E-state index contributed by atoms with van der Waals surface area (Å²) in [5.41, 5.74) is 1.74.